The Morgan fingerprint density at radius 2 is 2.05 bits per heavy atom. The summed E-state index contributed by atoms with van der Waals surface area (Å²) < 4.78 is 13.7. The molecule has 0 N–H and O–H groups in total. The first-order valence-electron chi connectivity index (χ1n) is 6.90. The van der Waals surface area contributed by atoms with E-state index in [9.17, 15) is 9.18 Å². The first-order valence-corrected chi connectivity index (χ1v) is 7.34. The number of carbonyl (C=O) groups excluding carboxylic acids is 1. The third kappa shape index (κ3) is 3.73. The van der Waals surface area contributed by atoms with Crippen LogP contribution in [-0.2, 0) is 0 Å². The Morgan fingerprint density at radius 1 is 1.40 bits per heavy atom. The maximum atomic E-state index is 13.7. The summed E-state index contributed by atoms with van der Waals surface area (Å²) in [6.07, 6.45) is 1.96. The third-order valence-corrected chi connectivity index (χ3v) is 3.98. The molecule has 5 heteroatoms. The molecule has 0 aromatic heterocycles. The number of piperidine rings is 1. The second-order valence-electron chi connectivity index (χ2n) is 5.66. The van der Waals surface area contributed by atoms with Crippen LogP contribution in [0, 0.1) is 11.7 Å². The van der Waals surface area contributed by atoms with Crippen LogP contribution in [0.1, 0.15) is 23.2 Å². The molecule has 1 fully saturated rings. The maximum Gasteiger partial charge on any atom is 0.256 e. The summed E-state index contributed by atoms with van der Waals surface area (Å²) in [7, 11) is 4.12. The third-order valence-electron chi connectivity index (χ3n) is 3.71. The molecule has 0 unspecified atom stereocenters. The van der Waals surface area contributed by atoms with Gasteiger partial charge in [-0.15, -0.1) is 12.6 Å². The Balaban J connectivity index is 2.00. The molecule has 20 heavy (non-hydrogen) atoms. The highest BCUT2D eigenvalue weighted by Crippen LogP contribution is 2.21. The monoisotopic (exact) mass is 296 g/mol. The molecule has 0 bridgehead atoms. The average Bonchev–Trinajstić information content (AvgIpc) is 2.41. The summed E-state index contributed by atoms with van der Waals surface area (Å²) in [5.74, 6) is -0.0694. The number of thiol groups is 1. The molecular formula is C15H21FN2OS. The first kappa shape index (κ1) is 15.3. The van der Waals surface area contributed by atoms with Crippen LogP contribution < -0.4 is 0 Å². The molecule has 1 aromatic rings. The molecule has 0 spiro atoms. The van der Waals surface area contributed by atoms with E-state index in [0.29, 0.717) is 23.9 Å². The highest BCUT2D eigenvalue weighted by atomic mass is 32.1. The predicted octanol–water partition coefficient (Wildman–Crippen LogP) is 2.53. The lowest BCUT2D eigenvalue weighted by Crippen LogP contribution is -2.40. The fourth-order valence-electron chi connectivity index (χ4n) is 2.68. The van der Waals surface area contributed by atoms with Crippen LogP contribution in [0.4, 0.5) is 4.39 Å². The van der Waals surface area contributed by atoms with E-state index in [2.05, 4.69) is 31.6 Å². The van der Waals surface area contributed by atoms with Crippen LogP contribution in [0.25, 0.3) is 0 Å². The van der Waals surface area contributed by atoms with Crippen LogP contribution >= 0.6 is 12.6 Å². The minimum absolute atomic E-state index is 0.128. The Hall–Kier alpha value is -1.07. The number of benzene rings is 1. The van der Waals surface area contributed by atoms with E-state index >= 15 is 0 Å². The Morgan fingerprint density at radius 3 is 2.65 bits per heavy atom. The van der Waals surface area contributed by atoms with Gasteiger partial charge in [-0.2, -0.15) is 0 Å². The number of likely N-dealkylation sites (tertiary alicyclic amines) is 1. The van der Waals surface area contributed by atoms with Crippen LogP contribution in [0.5, 0.6) is 0 Å². The molecule has 1 heterocycles. The van der Waals surface area contributed by atoms with Crippen LogP contribution in [-0.4, -0.2) is 49.4 Å². The Kier molecular flexibility index (Phi) is 5.05. The van der Waals surface area contributed by atoms with Gasteiger partial charge in [0, 0.05) is 24.5 Å². The molecule has 0 radical (unpaired) electrons. The van der Waals surface area contributed by atoms with Gasteiger partial charge in [-0.25, -0.2) is 4.39 Å². The molecule has 110 valence electrons. The average molecular weight is 296 g/mol. The smallest absolute Gasteiger partial charge is 0.256 e. The molecule has 0 saturated carbocycles. The van der Waals surface area contributed by atoms with E-state index in [1.165, 1.54) is 12.1 Å². The van der Waals surface area contributed by atoms with Crippen molar-refractivity contribution in [3.05, 3.63) is 29.6 Å². The second kappa shape index (κ2) is 6.59. The van der Waals surface area contributed by atoms with Gasteiger partial charge in [0.1, 0.15) is 5.82 Å². The molecule has 1 amide bonds. The van der Waals surface area contributed by atoms with Gasteiger partial charge in [-0.1, -0.05) is 0 Å². The topological polar surface area (TPSA) is 23.6 Å². The molecule has 1 saturated heterocycles. The lowest BCUT2D eigenvalue weighted by Gasteiger charge is -2.33. The molecule has 2 rings (SSSR count). The zero-order valence-electron chi connectivity index (χ0n) is 12.0. The molecule has 1 aliphatic heterocycles. The highest BCUT2D eigenvalue weighted by Gasteiger charge is 2.25. The minimum Gasteiger partial charge on any atom is -0.339 e. The summed E-state index contributed by atoms with van der Waals surface area (Å²) in [5.41, 5.74) is 0.128. The summed E-state index contributed by atoms with van der Waals surface area (Å²) in [5, 5.41) is 0. The number of rotatable bonds is 3. The van der Waals surface area contributed by atoms with Crippen molar-refractivity contribution < 1.29 is 9.18 Å². The standard InChI is InChI=1S/C15H21FN2OS/c1-17(2)10-11-5-7-18(8-6-11)15(19)13-9-12(20)3-4-14(13)16/h3-4,9,11,20H,5-8,10H2,1-2H3. The van der Waals surface area contributed by atoms with Gasteiger partial charge in [-0.05, 0) is 51.1 Å². The van der Waals surface area contributed by atoms with Crippen LogP contribution in [0.15, 0.2) is 23.1 Å². The molecular weight excluding hydrogens is 275 g/mol. The van der Waals surface area contributed by atoms with E-state index in [4.69, 9.17) is 0 Å². The van der Waals surface area contributed by atoms with E-state index < -0.39 is 5.82 Å². The molecule has 3 nitrogen and oxygen atoms in total. The van der Waals surface area contributed by atoms with Crippen molar-refractivity contribution in [2.45, 2.75) is 17.7 Å². The lowest BCUT2D eigenvalue weighted by atomic mass is 9.96. The fraction of sp³-hybridized carbons (Fsp3) is 0.533. The number of amides is 1. The summed E-state index contributed by atoms with van der Waals surface area (Å²) in [4.78, 5) is 16.9. The number of halogens is 1. The van der Waals surface area contributed by atoms with Gasteiger partial charge in [0.25, 0.3) is 5.91 Å². The quantitative estimate of drug-likeness (QED) is 0.867. The highest BCUT2D eigenvalue weighted by molar-refractivity contribution is 7.80. The summed E-state index contributed by atoms with van der Waals surface area (Å²) in [6.45, 7) is 2.45. The zero-order valence-corrected chi connectivity index (χ0v) is 12.9. The summed E-state index contributed by atoms with van der Waals surface area (Å²) in [6, 6.07) is 4.36. The van der Waals surface area contributed by atoms with Gasteiger partial charge in [0.2, 0.25) is 0 Å². The normalized spacial score (nSPS) is 16.8. The van der Waals surface area contributed by atoms with Crippen molar-refractivity contribution in [2.75, 3.05) is 33.7 Å². The van der Waals surface area contributed by atoms with Gasteiger partial charge < -0.3 is 9.80 Å². The van der Waals surface area contributed by atoms with E-state index in [-0.39, 0.29) is 11.5 Å². The fourth-order valence-corrected chi connectivity index (χ4v) is 2.89. The second-order valence-corrected chi connectivity index (χ2v) is 6.18. The molecule has 1 aromatic carbocycles. The maximum absolute atomic E-state index is 13.7. The first-order chi connectivity index (χ1) is 9.47. The van der Waals surface area contributed by atoms with Gasteiger partial charge in [-0.3, -0.25) is 4.79 Å². The van der Waals surface area contributed by atoms with Crippen LogP contribution in [0.3, 0.4) is 0 Å². The number of hydrogen-bond acceptors (Lipinski definition) is 3. The van der Waals surface area contributed by atoms with E-state index in [1.54, 1.807) is 11.0 Å². The van der Waals surface area contributed by atoms with Crippen molar-refractivity contribution in [3.63, 3.8) is 0 Å². The summed E-state index contributed by atoms with van der Waals surface area (Å²) >= 11 is 4.17. The largest absolute Gasteiger partial charge is 0.339 e. The SMILES string of the molecule is CN(C)CC1CCN(C(=O)c2cc(S)ccc2F)CC1. The van der Waals surface area contributed by atoms with Gasteiger partial charge in [0.05, 0.1) is 5.56 Å². The minimum atomic E-state index is -0.469. The molecule has 0 atom stereocenters. The lowest BCUT2D eigenvalue weighted by molar-refractivity contribution is 0.0673. The molecule has 0 aliphatic carbocycles. The Bertz CT molecular complexity index is 485. The number of carbonyl (C=O) groups is 1. The molecule has 1 aliphatic rings. The zero-order chi connectivity index (χ0) is 14.7. The van der Waals surface area contributed by atoms with Crippen molar-refractivity contribution in [1.29, 1.82) is 0 Å². The van der Waals surface area contributed by atoms with Crippen LogP contribution in [0.2, 0.25) is 0 Å². The predicted molar refractivity (Wildman–Crippen MR) is 80.8 cm³/mol. The van der Waals surface area contributed by atoms with Crippen molar-refractivity contribution in [3.8, 4) is 0 Å². The number of nitrogens with zero attached hydrogens (tertiary/aromatic N) is 2. The van der Waals surface area contributed by atoms with Crippen molar-refractivity contribution in [2.24, 2.45) is 5.92 Å². The van der Waals surface area contributed by atoms with Crippen molar-refractivity contribution in [1.82, 2.24) is 9.80 Å². The number of hydrogen-bond donors (Lipinski definition) is 1. The van der Waals surface area contributed by atoms with Gasteiger partial charge >= 0.3 is 0 Å². The van der Waals surface area contributed by atoms with Crippen molar-refractivity contribution >= 4 is 18.5 Å². The van der Waals surface area contributed by atoms with E-state index in [1.807, 2.05) is 0 Å². The van der Waals surface area contributed by atoms with E-state index in [0.717, 1.165) is 19.4 Å². The Labute approximate surface area is 125 Å². The van der Waals surface area contributed by atoms with Gasteiger partial charge in [0.15, 0.2) is 0 Å².